The molecule has 0 amide bonds. The zero-order chi connectivity index (χ0) is 11.9. The van der Waals surface area contributed by atoms with E-state index in [1.807, 2.05) is 11.3 Å². The molecule has 0 aliphatic heterocycles. The third-order valence-electron chi connectivity index (χ3n) is 3.36. The predicted octanol–water partition coefficient (Wildman–Crippen LogP) is 5.80. The van der Waals surface area contributed by atoms with Gasteiger partial charge in [0.15, 0.2) is 0 Å². The highest BCUT2D eigenvalue weighted by Gasteiger charge is 2.02. The Kier molecular flexibility index (Phi) is 5.06. The summed E-state index contributed by atoms with van der Waals surface area (Å²) < 4.78 is 1.44. The standard InChI is InChI=1S/C16H22S/c1-2-3-4-5-6-7-10-14-13-17-16-12-9-8-11-15(14)16/h8-9,11-13H,2-7,10H2,1H3. The van der Waals surface area contributed by atoms with Gasteiger partial charge in [0, 0.05) is 4.70 Å². The summed E-state index contributed by atoms with van der Waals surface area (Å²) in [5.74, 6) is 0. The topological polar surface area (TPSA) is 0 Å². The van der Waals surface area contributed by atoms with Crippen LogP contribution in [0, 0.1) is 0 Å². The summed E-state index contributed by atoms with van der Waals surface area (Å²) in [5.41, 5.74) is 1.56. The van der Waals surface area contributed by atoms with Crippen molar-refractivity contribution < 1.29 is 0 Å². The van der Waals surface area contributed by atoms with Crippen molar-refractivity contribution in [3.8, 4) is 0 Å². The van der Waals surface area contributed by atoms with Crippen LogP contribution in [-0.2, 0) is 6.42 Å². The molecule has 17 heavy (non-hydrogen) atoms. The highest BCUT2D eigenvalue weighted by molar-refractivity contribution is 7.17. The molecule has 0 spiro atoms. The van der Waals surface area contributed by atoms with Crippen LogP contribution in [-0.4, -0.2) is 0 Å². The first-order valence-electron chi connectivity index (χ1n) is 6.87. The van der Waals surface area contributed by atoms with Gasteiger partial charge in [0.2, 0.25) is 0 Å². The SMILES string of the molecule is CCCCCCCCc1csc2ccccc12. The van der Waals surface area contributed by atoms with E-state index in [1.165, 1.54) is 55.0 Å². The van der Waals surface area contributed by atoms with Crippen LogP contribution in [0.4, 0.5) is 0 Å². The summed E-state index contributed by atoms with van der Waals surface area (Å²) in [4.78, 5) is 0. The molecule has 0 fully saturated rings. The number of benzene rings is 1. The van der Waals surface area contributed by atoms with Gasteiger partial charge in [-0.3, -0.25) is 0 Å². The van der Waals surface area contributed by atoms with Crippen LogP contribution in [0.3, 0.4) is 0 Å². The van der Waals surface area contributed by atoms with Gasteiger partial charge < -0.3 is 0 Å². The van der Waals surface area contributed by atoms with Crippen LogP contribution in [0.1, 0.15) is 51.0 Å². The van der Waals surface area contributed by atoms with Crippen LogP contribution in [0.2, 0.25) is 0 Å². The molecule has 1 aromatic carbocycles. The lowest BCUT2D eigenvalue weighted by molar-refractivity contribution is 0.608. The second kappa shape index (κ2) is 6.80. The highest BCUT2D eigenvalue weighted by atomic mass is 32.1. The molecule has 92 valence electrons. The highest BCUT2D eigenvalue weighted by Crippen LogP contribution is 2.26. The Bertz CT molecular complexity index is 441. The number of aryl methyl sites for hydroxylation is 1. The van der Waals surface area contributed by atoms with Crippen molar-refractivity contribution in [2.75, 3.05) is 0 Å². The minimum Gasteiger partial charge on any atom is -0.144 e. The van der Waals surface area contributed by atoms with E-state index in [4.69, 9.17) is 0 Å². The molecule has 0 aliphatic carbocycles. The Labute approximate surface area is 109 Å². The van der Waals surface area contributed by atoms with E-state index in [0.29, 0.717) is 0 Å². The number of hydrogen-bond acceptors (Lipinski definition) is 1. The average molecular weight is 246 g/mol. The number of unbranched alkanes of at least 4 members (excludes halogenated alkanes) is 5. The van der Waals surface area contributed by atoms with Crippen LogP contribution < -0.4 is 0 Å². The maximum atomic E-state index is 2.34. The van der Waals surface area contributed by atoms with Crippen molar-refractivity contribution >= 4 is 21.4 Å². The zero-order valence-electron chi connectivity index (χ0n) is 10.7. The lowest BCUT2D eigenvalue weighted by Crippen LogP contribution is -1.84. The Morgan fingerprint density at radius 1 is 0.941 bits per heavy atom. The first-order chi connectivity index (χ1) is 8.42. The summed E-state index contributed by atoms with van der Waals surface area (Å²) in [6, 6.07) is 8.77. The Balaban J connectivity index is 1.79. The molecular formula is C16H22S. The molecule has 0 atom stereocenters. The smallest absolute Gasteiger partial charge is 0.0345 e. The fourth-order valence-corrected chi connectivity index (χ4v) is 3.32. The molecule has 0 N–H and O–H groups in total. The minimum absolute atomic E-state index is 1.26. The molecule has 0 bridgehead atoms. The van der Waals surface area contributed by atoms with Crippen molar-refractivity contribution in [3.63, 3.8) is 0 Å². The molecule has 1 heteroatoms. The number of thiophene rings is 1. The second-order valence-corrected chi connectivity index (χ2v) is 5.69. The fraction of sp³-hybridized carbons (Fsp3) is 0.500. The first-order valence-corrected chi connectivity index (χ1v) is 7.75. The Morgan fingerprint density at radius 2 is 1.71 bits per heavy atom. The van der Waals surface area contributed by atoms with Gasteiger partial charge in [-0.1, -0.05) is 57.2 Å². The lowest BCUT2D eigenvalue weighted by atomic mass is 10.0. The maximum absolute atomic E-state index is 2.34. The predicted molar refractivity (Wildman–Crippen MR) is 78.9 cm³/mol. The fourth-order valence-electron chi connectivity index (χ4n) is 2.32. The summed E-state index contributed by atoms with van der Waals surface area (Å²) in [6.45, 7) is 2.28. The summed E-state index contributed by atoms with van der Waals surface area (Å²) in [7, 11) is 0. The van der Waals surface area contributed by atoms with Crippen LogP contribution in [0.15, 0.2) is 29.6 Å². The molecule has 1 aromatic heterocycles. The monoisotopic (exact) mass is 246 g/mol. The van der Waals surface area contributed by atoms with Crippen molar-refractivity contribution in [3.05, 3.63) is 35.2 Å². The minimum atomic E-state index is 1.26. The van der Waals surface area contributed by atoms with Gasteiger partial charge in [-0.25, -0.2) is 0 Å². The third kappa shape index (κ3) is 3.57. The van der Waals surface area contributed by atoms with Gasteiger partial charge >= 0.3 is 0 Å². The van der Waals surface area contributed by atoms with E-state index in [1.54, 1.807) is 5.56 Å². The van der Waals surface area contributed by atoms with Crippen molar-refractivity contribution in [2.24, 2.45) is 0 Å². The maximum Gasteiger partial charge on any atom is 0.0345 e. The number of fused-ring (bicyclic) bond motifs is 1. The molecule has 0 saturated carbocycles. The molecule has 1 heterocycles. The van der Waals surface area contributed by atoms with Gasteiger partial charge in [-0.2, -0.15) is 0 Å². The summed E-state index contributed by atoms with van der Waals surface area (Å²) >= 11 is 1.89. The molecule has 0 radical (unpaired) electrons. The van der Waals surface area contributed by atoms with E-state index in [2.05, 4.69) is 36.6 Å². The van der Waals surface area contributed by atoms with Gasteiger partial charge in [0.25, 0.3) is 0 Å². The molecule has 2 rings (SSSR count). The van der Waals surface area contributed by atoms with Gasteiger partial charge in [0.05, 0.1) is 0 Å². The van der Waals surface area contributed by atoms with E-state index in [9.17, 15) is 0 Å². The first kappa shape index (κ1) is 12.6. The van der Waals surface area contributed by atoms with Crippen LogP contribution >= 0.6 is 11.3 Å². The largest absolute Gasteiger partial charge is 0.144 e. The van der Waals surface area contributed by atoms with Crippen LogP contribution in [0.25, 0.3) is 10.1 Å². The second-order valence-electron chi connectivity index (χ2n) is 4.77. The molecule has 0 nitrogen and oxygen atoms in total. The zero-order valence-corrected chi connectivity index (χ0v) is 11.6. The van der Waals surface area contributed by atoms with Crippen molar-refractivity contribution in [1.82, 2.24) is 0 Å². The Morgan fingerprint density at radius 3 is 2.59 bits per heavy atom. The summed E-state index contributed by atoms with van der Waals surface area (Å²) in [5, 5.41) is 3.82. The average Bonchev–Trinajstić information content (AvgIpc) is 2.77. The number of rotatable bonds is 7. The van der Waals surface area contributed by atoms with E-state index in [0.717, 1.165) is 0 Å². The number of hydrogen-bond donors (Lipinski definition) is 0. The van der Waals surface area contributed by atoms with Crippen molar-refractivity contribution in [2.45, 2.75) is 51.9 Å². The van der Waals surface area contributed by atoms with E-state index in [-0.39, 0.29) is 0 Å². The quantitative estimate of drug-likeness (QED) is 0.541. The van der Waals surface area contributed by atoms with Gasteiger partial charge in [-0.15, -0.1) is 11.3 Å². The van der Waals surface area contributed by atoms with Crippen LogP contribution in [0.5, 0.6) is 0 Å². The van der Waals surface area contributed by atoms with Crippen molar-refractivity contribution in [1.29, 1.82) is 0 Å². The Hall–Kier alpha value is -0.820. The normalized spacial score (nSPS) is 11.1. The molecule has 0 aliphatic rings. The summed E-state index contributed by atoms with van der Waals surface area (Å²) in [6.07, 6.45) is 9.58. The van der Waals surface area contributed by atoms with E-state index >= 15 is 0 Å². The van der Waals surface area contributed by atoms with Gasteiger partial charge in [-0.05, 0) is 35.2 Å². The molecular weight excluding hydrogens is 224 g/mol. The molecule has 0 saturated heterocycles. The third-order valence-corrected chi connectivity index (χ3v) is 4.37. The lowest BCUT2D eigenvalue weighted by Gasteiger charge is -2.00. The molecule has 2 aromatic rings. The van der Waals surface area contributed by atoms with Gasteiger partial charge in [0.1, 0.15) is 0 Å². The van der Waals surface area contributed by atoms with E-state index < -0.39 is 0 Å². The molecule has 0 unspecified atom stereocenters.